The fourth-order valence-corrected chi connectivity index (χ4v) is 4.50. The van der Waals surface area contributed by atoms with Crippen molar-refractivity contribution in [1.29, 1.82) is 0 Å². The van der Waals surface area contributed by atoms with Crippen molar-refractivity contribution in [2.75, 3.05) is 20.8 Å². The minimum absolute atomic E-state index is 0.180. The summed E-state index contributed by atoms with van der Waals surface area (Å²) in [6.07, 6.45) is 4.19. The van der Waals surface area contributed by atoms with Crippen LogP contribution in [0.1, 0.15) is 37.4 Å². The summed E-state index contributed by atoms with van der Waals surface area (Å²) in [5.74, 6) is 2.69. The molecule has 2 aliphatic rings. The van der Waals surface area contributed by atoms with Crippen molar-refractivity contribution in [2.45, 2.75) is 31.8 Å². The maximum absolute atomic E-state index is 11.0. The van der Waals surface area contributed by atoms with Crippen LogP contribution in [0.4, 0.5) is 0 Å². The molecule has 2 fully saturated rings. The minimum atomic E-state index is -0.554. The predicted molar refractivity (Wildman–Crippen MR) is 81.4 cm³/mol. The van der Waals surface area contributed by atoms with Crippen LogP contribution in [0.2, 0.25) is 0 Å². The largest absolute Gasteiger partial charge is 0.497 e. The molecule has 3 N–H and O–H groups in total. The Balaban J connectivity index is 1.95. The first-order valence-electron chi connectivity index (χ1n) is 7.74. The van der Waals surface area contributed by atoms with Crippen LogP contribution >= 0.6 is 0 Å². The van der Waals surface area contributed by atoms with Gasteiger partial charge in [0, 0.05) is 18.0 Å². The number of fused-ring (bicyclic) bond motifs is 2. The zero-order valence-corrected chi connectivity index (χ0v) is 12.8. The number of nitrogens with two attached hydrogens (primary N) is 1. The zero-order chi connectivity index (χ0) is 15.0. The monoisotopic (exact) mass is 291 g/mol. The van der Waals surface area contributed by atoms with Gasteiger partial charge in [-0.15, -0.1) is 0 Å². The summed E-state index contributed by atoms with van der Waals surface area (Å²) < 4.78 is 10.6. The molecule has 4 heteroatoms. The van der Waals surface area contributed by atoms with E-state index in [0.717, 1.165) is 17.9 Å². The lowest BCUT2D eigenvalue weighted by atomic mass is 9.67. The summed E-state index contributed by atoms with van der Waals surface area (Å²) in [6.45, 7) is 0.537. The Morgan fingerprint density at radius 2 is 1.90 bits per heavy atom. The molecule has 0 spiro atoms. The average molecular weight is 291 g/mol. The third-order valence-corrected chi connectivity index (χ3v) is 5.64. The van der Waals surface area contributed by atoms with Gasteiger partial charge in [0.25, 0.3) is 0 Å². The van der Waals surface area contributed by atoms with Gasteiger partial charge < -0.3 is 20.3 Å². The van der Waals surface area contributed by atoms with Gasteiger partial charge in [-0.25, -0.2) is 0 Å². The van der Waals surface area contributed by atoms with Crippen LogP contribution in [0.25, 0.3) is 0 Å². The topological polar surface area (TPSA) is 64.7 Å². The van der Waals surface area contributed by atoms with Crippen molar-refractivity contribution in [1.82, 2.24) is 0 Å². The minimum Gasteiger partial charge on any atom is -0.497 e. The van der Waals surface area contributed by atoms with Gasteiger partial charge in [-0.2, -0.15) is 0 Å². The van der Waals surface area contributed by atoms with Crippen molar-refractivity contribution in [3.05, 3.63) is 23.8 Å². The molecule has 4 nitrogen and oxygen atoms in total. The molecular formula is C17H25NO3. The van der Waals surface area contributed by atoms with E-state index in [1.165, 1.54) is 19.3 Å². The van der Waals surface area contributed by atoms with Crippen molar-refractivity contribution in [3.8, 4) is 11.5 Å². The highest BCUT2D eigenvalue weighted by Gasteiger charge is 2.54. The van der Waals surface area contributed by atoms with Crippen LogP contribution in [0.3, 0.4) is 0 Å². The molecule has 2 aliphatic carbocycles. The number of methoxy groups -OCH3 is 2. The maximum Gasteiger partial charge on any atom is 0.122 e. The van der Waals surface area contributed by atoms with Crippen LogP contribution < -0.4 is 15.2 Å². The van der Waals surface area contributed by atoms with E-state index >= 15 is 0 Å². The standard InChI is InChI=1S/C17H25NO3/c1-20-14-6-12(7-15(8-14)21-2)16(19)17(10-18)9-11-3-4-13(17)5-11/h6-8,11,13,16,19H,3-5,9-10,18H2,1-2H3. The third-order valence-electron chi connectivity index (χ3n) is 5.64. The molecule has 0 heterocycles. The van der Waals surface area contributed by atoms with Crippen molar-refractivity contribution >= 4 is 0 Å². The van der Waals surface area contributed by atoms with Gasteiger partial charge in [-0.3, -0.25) is 0 Å². The molecule has 0 aliphatic heterocycles. The highest BCUT2D eigenvalue weighted by Crippen LogP contribution is 2.60. The lowest BCUT2D eigenvalue weighted by molar-refractivity contribution is -0.0132. The Morgan fingerprint density at radius 3 is 2.33 bits per heavy atom. The van der Waals surface area contributed by atoms with E-state index in [1.54, 1.807) is 14.2 Å². The van der Waals surface area contributed by atoms with Crippen LogP contribution in [-0.4, -0.2) is 25.9 Å². The van der Waals surface area contributed by atoms with Crippen LogP contribution in [-0.2, 0) is 0 Å². The van der Waals surface area contributed by atoms with Gasteiger partial charge in [0.05, 0.1) is 20.3 Å². The molecule has 0 radical (unpaired) electrons. The number of benzene rings is 1. The van der Waals surface area contributed by atoms with Gasteiger partial charge in [-0.05, 0) is 48.8 Å². The highest BCUT2D eigenvalue weighted by atomic mass is 16.5. The third kappa shape index (κ3) is 2.30. The summed E-state index contributed by atoms with van der Waals surface area (Å²) in [5, 5.41) is 11.0. The number of aliphatic hydroxyl groups is 1. The molecule has 4 unspecified atom stereocenters. The summed E-state index contributed by atoms with van der Waals surface area (Å²) in [7, 11) is 3.25. The van der Waals surface area contributed by atoms with Crippen LogP contribution in [0.5, 0.6) is 11.5 Å². The fourth-order valence-electron chi connectivity index (χ4n) is 4.50. The highest BCUT2D eigenvalue weighted by molar-refractivity contribution is 5.40. The van der Waals surface area contributed by atoms with Crippen LogP contribution in [0, 0.1) is 17.3 Å². The van der Waals surface area contributed by atoms with Crippen molar-refractivity contribution in [2.24, 2.45) is 23.0 Å². The van der Waals surface area contributed by atoms with Gasteiger partial charge in [-0.1, -0.05) is 6.42 Å². The summed E-state index contributed by atoms with van der Waals surface area (Å²) in [6, 6.07) is 5.62. The van der Waals surface area contributed by atoms with E-state index in [1.807, 2.05) is 18.2 Å². The average Bonchev–Trinajstić information content (AvgIpc) is 3.14. The summed E-state index contributed by atoms with van der Waals surface area (Å²) in [5.41, 5.74) is 6.78. The number of hydrogen-bond donors (Lipinski definition) is 2. The Kier molecular flexibility index (Phi) is 3.84. The second-order valence-corrected chi connectivity index (χ2v) is 6.57. The van der Waals surface area contributed by atoms with Gasteiger partial charge in [0.1, 0.15) is 11.5 Å². The molecule has 3 rings (SSSR count). The molecule has 2 saturated carbocycles. The fraction of sp³-hybridized carbons (Fsp3) is 0.647. The van der Waals surface area contributed by atoms with Gasteiger partial charge in [0.2, 0.25) is 0 Å². The molecule has 0 saturated heterocycles. The Bertz CT molecular complexity index is 497. The van der Waals surface area contributed by atoms with Gasteiger partial charge >= 0.3 is 0 Å². The lowest BCUT2D eigenvalue weighted by Gasteiger charge is -2.41. The van der Waals surface area contributed by atoms with E-state index in [0.29, 0.717) is 24.0 Å². The van der Waals surface area contributed by atoms with Crippen LogP contribution in [0.15, 0.2) is 18.2 Å². The molecule has 0 aromatic heterocycles. The number of aliphatic hydroxyl groups excluding tert-OH is 1. The second kappa shape index (κ2) is 5.50. The number of rotatable bonds is 5. The maximum atomic E-state index is 11.0. The molecule has 1 aromatic rings. The van der Waals surface area contributed by atoms with E-state index in [4.69, 9.17) is 15.2 Å². The Hall–Kier alpha value is -1.26. The van der Waals surface area contributed by atoms with Crippen molar-refractivity contribution < 1.29 is 14.6 Å². The number of ether oxygens (including phenoxy) is 2. The molecule has 4 atom stereocenters. The molecular weight excluding hydrogens is 266 g/mol. The lowest BCUT2D eigenvalue weighted by Crippen LogP contribution is -2.41. The molecule has 0 amide bonds. The molecule has 1 aromatic carbocycles. The second-order valence-electron chi connectivity index (χ2n) is 6.57. The first-order valence-corrected chi connectivity index (χ1v) is 7.74. The Morgan fingerprint density at radius 1 is 1.24 bits per heavy atom. The summed E-state index contributed by atoms with van der Waals surface area (Å²) in [4.78, 5) is 0. The first kappa shape index (κ1) is 14.7. The van der Waals surface area contributed by atoms with E-state index in [9.17, 15) is 5.11 Å². The molecule has 21 heavy (non-hydrogen) atoms. The predicted octanol–water partition coefficient (Wildman–Crippen LogP) is 2.50. The van der Waals surface area contributed by atoms with E-state index < -0.39 is 6.10 Å². The zero-order valence-electron chi connectivity index (χ0n) is 12.8. The smallest absolute Gasteiger partial charge is 0.122 e. The first-order chi connectivity index (χ1) is 10.1. The van der Waals surface area contributed by atoms with E-state index in [-0.39, 0.29) is 5.41 Å². The Labute approximate surface area is 126 Å². The normalized spacial score (nSPS) is 32.2. The molecule has 2 bridgehead atoms. The van der Waals surface area contributed by atoms with E-state index in [2.05, 4.69) is 0 Å². The van der Waals surface area contributed by atoms with Crippen molar-refractivity contribution in [3.63, 3.8) is 0 Å². The molecule has 116 valence electrons. The SMILES string of the molecule is COc1cc(OC)cc(C(O)C2(CN)CC3CCC2C3)c1. The summed E-state index contributed by atoms with van der Waals surface area (Å²) >= 11 is 0. The number of hydrogen-bond acceptors (Lipinski definition) is 4. The quantitative estimate of drug-likeness (QED) is 0.875. The van der Waals surface area contributed by atoms with Gasteiger partial charge in [0.15, 0.2) is 0 Å².